The van der Waals surface area contributed by atoms with E-state index in [2.05, 4.69) is 86.8 Å². The topological polar surface area (TPSA) is 102 Å². The number of carboxylic acid groups (broad SMARTS) is 1. The Morgan fingerprint density at radius 3 is 1.39 bits per heavy atom. The van der Waals surface area contributed by atoms with Crippen molar-refractivity contribution >= 4 is 17.9 Å². The molecule has 8 heteroatoms. The average molecular weight is 854 g/mol. The van der Waals surface area contributed by atoms with Crippen LogP contribution in [0.2, 0.25) is 0 Å². The summed E-state index contributed by atoms with van der Waals surface area (Å²) in [6.45, 7) is 4.51. The highest BCUT2D eigenvalue weighted by molar-refractivity contribution is 5.70. The van der Waals surface area contributed by atoms with E-state index >= 15 is 0 Å². The molecule has 61 heavy (non-hydrogen) atoms. The molecule has 0 aliphatic heterocycles. The lowest BCUT2D eigenvalue weighted by Crippen LogP contribution is -2.55. The maximum Gasteiger partial charge on any atom is 0.306 e. The van der Waals surface area contributed by atoms with E-state index < -0.39 is 18.1 Å². The fraction of sp³-hybridized carbons (Fsp3) is 0.717. The van der Waals surface area contributed by atoms with E-state index in [0.29, 0.717) is 12.8 Å². The van der Waals surface area contributed by atoms with Gasteiger partial charge in [-0.2, -0.15) is 0 Å². The molecular formula is C53H91NO7. The maximum atomic E-state index is 12.8. The van der Waals surface area contributed by atoms with Crippen molar-refractivity contribution in [3.8, 4) is 0 Å². The van der Waals surface area contributed by atoms with Crippen molar-refractivity contribution in [2.75, 3.05) is 41.0 Å². The third-order valence-corrected chi connectivity index (χ3v) is 10.6. The number of aliphatic carboxylic acids is 1. The highest BCUT2D eigenvalue weighted by Crippen LogP contribution is 2.14. The first-order valence-corrected chi connectivity index (χ1v) is 24.5. The summed E-state index contributed by atoms with van der Waals surface area (Å²) in [5, 5.41) is 11.6. The van der Waals surface area contributed by atoms with E-state index in [9.17, 15) is 19.5 Å². The molecule has 0 aliphatic rings. The quantitative estimate of drug-likeness (QED) is 0.0260. The van der Waals surface area contributed by atoms with Gasteiger partial charge in [0.2, 0.25) is 0 Å². The third kappa shape index (κ3) is 41.9. The predicted molar refractivity (Wildman–Crippen MR) is 254 cm³/mol. The van der Waals surface area contributed by atoms with Crippen LogP contribution in [-0.4, -0.2) is 75.5 Å². The molecule has 0 N–H and O–H groups in total. The Kier molecular flexibility index (Phi) is 41.1. The van der Waals surface area contributed by atoms with Gasteiger partial charge in [0, 0.05) is 19.3 Å². The number of quaternary nitrogens is 1. The Morgan fingerprint density at radius 1 is 0.508 bits per heavy atom. The maximum absolute atomic E-state index is 12.8. The number of rotatable bonds is 43. The molecule has 2 atom stereocenters. The lowest BCUT2D eigenvalue weighted by atomic mass is 10.1. The molecule has 0 heterocycles. The molecule has 350 valence electrons. The Balaban J connectivity index is 4.31. The van der Waals surface area contributed by atoms with E-state index in [1.54, 1.807) is 21.1 Å². The van der Waals surface area contributed by atoms with Crippen molar-refractivity contribution in [1.29, 1.82) is 0 Å². The summed E-state index contributed by atoms with van der Waals surface area (Å²) in [6, 6.07) is -0.733. The van der Waals surface area contributed by atoms with Crippen LogP contribution in [0.1, 0.15) is 194 Å². The van der Waals surface area contributed by atoms with Crippen molar-refractivity contribution in [2.24, 2.45) is 0 Å². The zero-order chi connectivity index (χ0) is 44.9. The molecule has 0 fully saturated rings. The lowest BCUT2D eigenvalue weighted by Gasteiger charge is -2.34. The molecule has 0 bridgehead atoms. The van der Waals surface area contributed by atoms with Gasteiger partial charge >= 0.3 is 11.9 Å². The van der Waals surface area contributed by atoms with Gasteiger partial charge in [-0.3, -0.25) is 9.59 Å². The second-order valence-corrected chi connectivity index (χ2v) is 17.3. The molecular weight excluding hydrogens is 763 g/mol. The van der Waals surface area contributed by atoms with E-state index in [1.165, 1.54) is 64.2 Å². The molecule has 0 aromatic carbocycles. The summed E-state index contributed by atoms with van der Waals surface area (Å²) in [4.78, 5) is 37.0. The van der Waals surface area contributed by atoms with Gasteiger partial charge in [0.1, 0.15) is 12.6 Å². The van der Waals surface area contributed by atoms with E-state index in [0.717, 1.165) is 96.3 Å². The van der Waals surface area contributed by atoms with Crippen LogP contribution in [0, 0.1) is 0 Å². The number of hydrogen-bond acceptors (Lipinski definition) is 7. The molecule has 8 nitrogen and oxygen atoms in total. The van der Waals surface area contributed by atoms with Gasteiger partial charge in [-0.1, -0.05) is 164 Å². The van der Waals surface area contributed by atoms with Gasteiger partial charge in [-0.25, -0.2) is 0 Å². The van der Waals surface area contributed by atoms with Crippen LogP contribution in [0.3, 0.4) is 0 Å². The molecule has 0 amide bonds. The number of nitrogens with zero attached hydrogens (tertiary/aromatic N) is 1. The number of allylic oxidation sites excluding steroid dienone is 12. The van der Waals surface area contributed by atoms with Gasteiger partial charge in [0.15, 0.2) is 6.10 Å². The van der Waals surface area contributed by atoms with Gasteiger partial charge in [0.25, 0.3) is 0 Å². The fourth-order valence-electron chi connectivity index (χ4n) is 6.80. The zero-order valence-corrected chi connectivity index (χ0v) is 39.8. The van der Waals surface area contributed by atoms with E-state index in [-0.39, 0.29) is 42.7 Å². The number of esters is 2. The standard InChI is InChI=1S/C53H91NO7/c1-6-8-10-12-14-16-18-20-22-23-24-25-26-27-28-29-30-32-34-36-38-40-42-44-52(56)61-49(47-59-46-45-50(53(57)58)54(3,4)5)48-60-51(55)43-41-39-37-35-33-31-21-19-17-15-13-11-9-7-2/h8,10,14,16,20,22,24-25,27-28,31,33,49-50H,6-7,9,11-13,15,17-19,21,23,26,29-30,32,34-48H2,1-5H3/b10-8+,16-14+,22-20+,25-24+,28-27+,33-31+. The summed E-state index contributed by atoms with van der Waals surface area (Å²) >= 11 is 0. The lowest BCUT2D eigenvalue weighted by molar-refractivity contribution is -0.889. The second kappa shape index (κ2) is 43.4. The van der Waals surface area contributed by atoms with Crippen molar-refractivity contribution in [1.82, 2.24) is 0 Å². The zero-order valence-electron chi connectivity index (χ0n) is 39.8. The van der Waals surface area contributed by atoms with Gasteiger partial charge in [-0.15, -0.1) is 0 Å². The van der Waals surface area contributed by atoms with Crippen molar-refractivity contribution in [2.45, 2.75) is 206 Å². The van der Waals surface area contributed by atoms with Gasteiger partial charge in [-0.05, 0) is 83.5 Å². The van der Waals surface area contributed by atoms with Crippen LogP contribution in [0.5, 0.6) is 0 Å². The van der Waals surface area contributed by atoms with Gasteiger partial charge < -0.3 is 28.6 Å². The molecule has 0 spiro atoms. The molecule has 2 unspecified atom stereocenters. The predicted octanol–water partition coefficient (Wildman–Crippen LogP) is 12.6. The monoisotopic (exact) mass is 854 g/mol. The number of ether oxygens (including phenoxy) is 3. The summed E-state index contributed by atoms with van der Waals surface area (Å²) < 4.78 is 17.2. The number of unbranched alkanes of at least 4 members (excludes halogenated alkanes) is 17. The van der Waals surface area contributed by atoms with Crippen LogP contribution < -0.4 is 5.11 Å². The fourth-order valence-corrected chi connectivity index (χ4v) is 6.80. The second-order valence-electron chi connectivity index (χ2n) is 17.3. The number of carbonyl (C=O) groups excluding carboxylic acids is 3. The third-order valence-electron chi connectivity index (χ3n) is 10.6. The normalized spacial score (nSPS) is 13.5. The summed E-state index contributed by atoms with van der Waals surface area (Å²) in [7, 11) is 5.40. The van der Waals surface area contributed by atoms with Crippen LogP contribution >= 0.6 is 0 Å². The Morgan fingerprint density at radius 2 is 0.918 bits per heavy atom. The molecule has 0 saturated carbocycles. The summed E-state index contributed by atoms with van der Waals surface area (Å²) in [5.41, 5.74) is 0. The first-order chi connectivity index (χ1) is 29.6. The Hall–Kier alpha value is -3.23. The van der Waals surface area contributed by atoms with E-state index in [1.807, 2.05) is 0 Å². The van der Waals surface area contributed by atoms with Crippen molar-refractivity contribution < 1.29 is 38.2 Å². The van der Waals surface area contributed by atoms with Crippen molar-refractivity contribution in [3.63, 3.8) is 0 Å². The minimum Gasteiger partial charge on any atom is -0.544 e. The Labute approximate surface area is 374 Å². The largest absolute Gasteiger partial charge is 0.544 e. The SMILES string of the molecule is CC/C=C/C/C=C/C/C=C/C/C=C/C/C=C/CCCCCCCCCC(=O)OC(COCCC(C(=O)[O-])[N+](C)(C)C)COC(=O)CCCCC/C=C/CCCCCCCCC. The average Bonchev–Trinajstić information content (AvgIpc) is 3.22. The number of carboxylic acids is 1. The van der Waals surface area contributed by atoms with Crippen LogP contribution in [0.15, 0.2) is 72.9 Å². The minimum absolute atomic E-state index is 0.0285. The minimum atomic E-state index is -1.13. The number of carbonyl (C=O) groups is 3. The number of hydrogen-bond donors (Lipinski definition) is 0. The molecule has 0 aliphatic carbocycles. The number of likely N-dealkylation sites (N-methyl/N-ethyl adjacent to an activating group) is 1. The molecule has 0 saturated heterocycles. The van der Waals surface area contributed by atoms with Crippen molar-refractivity contribution in [3.05, 3.63) is 72.9 Å². The first kappa shape index (κ1) is 57.8. The molecule has 0 aromatic rings. The van der Waals surface area contributed by atoms with Crippen LogP contribution in [0.4, 0.5) is 0 Å². The van der Waals surface area contributed by atoms with E-state index in [4.69, 9.17) is 14.2 Å². The van der Waals surface area contributed by atoms with Crippen LogP contribution in [0.25, 0.3) is 0 Å². The smallest absolute Gasteiger partial charge is 0.306 e. The first-order valence-electron chi connectivity index (χ1n) is 24.5. The highest BCUT2D eigenvalue weighted by atomic mass is 16.6. The van der Waals surface area contributed by atoms with Crippen LogP contribution in [-0.2, 0) is 28.6 Å². The molecule has 0 aromatic heterocycles. The summed E-state index contributed by atoms with van der Waals surface area (Å²) in [6.07, 6.45) is 55.0. The molecule has 0 rings (SSSR count). The Bertz CT molecular complexity index is 1230. The highest BCUT2D eigenvalue weighted by Gasteiger charge is 2.25. The summed E-state index contributed by atoms with van der Waals surface area (Å²) in [5.74, 6) is -1.77. The molecule has 0 radical (unpaired) electrons. The van der Waals surface area contributed by atoms with Gasteiger partial charge in [0.05, 0.1) is 40.3 Å².